The van der Waals surface area contributed by atoms with Gasteiger partial charge in [-0.15, -0.1) is 0 Å². The molecule has 0 aliphatic carbocycles. The van der Waals surface area contributed by atoms with E-state index in [0.29, 0.717) is 13.2 Å². The van der Waals surface area contributed by atoms with Crippen molar-refractivity contribution in [2.24, 2.45) is 5.41 Å². The van der Waals surface area contributed by atoms with Crippen LogP contribution < -0.4 is 5.32 Å². The number of hydrogen-bond acceptors (Lipinski definition) is 4. The summed E-state index contributed by atoms with van der Waals surface area (Å²) in [6.07, 6.45) is 0. The van der Waals surface area contributed by atoms with Crippen molar-refractivity contribution in [3.63, 3.8) is 0 Å². The van der Waals surface area contributed by atoms with Crippen molar-refractivity contribution >= 4 is 5.97 Å². The van der Waals surface area contributed by atoms with Gasteiger partial charge in [-0.05, 0) is 13.8 Å². The van der Waals surface area contributed by atoms with Gasteiger partial charge in [-0.3, -0.25) is 4.79 Å². The fraction of sp³-hybridized carbons (Fsp3) is 0.889. The molecular formula is C9H17NO3. The van der Waals surface area contributed by atoms with Crippen molar-refractivity contribution in [1.82, 2.24) is 5.32 Å². The number of ether oxygens (including phenoxy) is 2. The number of methoxy groups -OCH3 is 1. The van der Waals surface area contributed by atoms with E-state index in [4.69, 9.17) is 9.47 Å². The summed E-state index contributed by atoms with van der Waals surface area (Å²) in [4.78, 5) is 11.4. The summed E-state index contributed by atoms with van der Waals surface area (Å²) in [6, 6.07) is 0.0497. The smallest absolute Gasteiger partial charge is 0.312 e. The molecule has 13 heavy (non-hydrogen) atoms. The average molecular weight is 187 g/mol. The lowest BCUT2D eigenvalue weighted by Crippen LogP contribution is -2.53. The summed E-state index contributed by atoms with van der Waals surface area (Å²) in [6.45, 7) is 5.82. The number of hydrogen-bond donors (Lipinski definition) is 1. The lowest BCUT2D eigenvalue weighted by molar-refractivity contribution is -0.154. The van der Waals surface area contributed by atoms with Crippen LogP contribution in [0.2, 0.25) is 0 Å². The quantitative estimate of drug-likeness (QED) is 0.626. The number of carbonyl (C=O) groups is 1. The summed E-state index contributed by atoms with van der Waals surface area (Å²) in [5, 5.41) is 3.25. The molecule has 1 saturated heterocycles. The highest BCUT2D eigenvalue weighted by Gasteiger charge is 2.38. The maximum atomic E-state index is 11.4. The van der Waals surface area contributed by atoms with Gasteiger partial charge >= 0.3 is 5.97 Å². The lowest BCUT2D eigenvalue weighted by atomic mass is 9.84. The summed E-state index contributed by atoms with van der Waals surface area (Å²) in [7, 11) is 1.41. The van der Waals surface area contributed by atoms with Gasteiger partial charge in [0.2, 0.25) is 0 Å². The van der Waals surface area contributed by atoms with Gasteiger partial charge in [-0.25, -0.2) is 0 Å². The Hall–Kier alpha value is -0.610. The van der Waals surface area contributed by atoms with Gasteiger partial charge in [0.25, 0.3) is 0 Å². The van der Waals surface area contributed by atoms with Crippen LogP contribution in [0.4, 0.5) is 0 Å². The van der Waals surface area contributed by atoms with Gasteiger partial charge in [0.1, 0.15) is 0 Å². The van der Waals surface area contributed by atoms with Crippen LogP contribution in [0.15, 0.2) is 0 Å². The molecule has 0 spiro atoms. The van der Waals surface area contributed by atoms with Crippen molar-refractivity contribution in [2.75, 3.05) is 26.9 Å². The molecule has 1 rings (SSSR count). The number of carbonyl (C=O) groups excluding carboxylic acids is 1. The minimum atomic E-state index is -0.519. The van der Waals surface area contributed by atoms with Crippen molar-refractivity contribution < 1.29 is 14.3 Å². The topological polar surface area (TPSA) is 47.6 Å². The van der Waals surface area contributed by atoms with E-state index in [0.717, 1.165) is 6.54 Å². The monoisotopic (exact) mass is 187 g/mol. The molecule has 0 bridgehead atoms. The van der Waals surface area contributed by atoms with Crippen molar-refractivity contribution in [3.05, 3.63) is 0 Å². The molecule has 0 saturated carbocycles. The summed E-state index contributed by atoms with van der Waals surface area (Å²) in [5.74, 6) is -0.199. The zero-order valence-electron chi connectivity index (χ0n) is 8.42. The van der Waals surface area contributed by atoms with E-state index in [1.165, 1.54) is 7.11 Å². The SMILES string of the molecule is COC(=O)C(C)(C)C1COCCN1. The Morgan fingerprint density at radius 2 is 2.31 bits per heavy atom. The maximum Gasteiger partial charge on any atom is 0.312 e. The van der Waals surface area contributed by atoms with Gasteiger partial charge < -0.3 is 14.8 Å². The molecular weight excluding hydrogens is 170 g/mol. The molecule has 76 valence electrons. The zero-order valence-corrected chi connectivity index (χ0v) is 8.42. The van der Waals surface area contributed by atoms with Gasteiger partial charge in [0.15, 0.2) is 0 Å². The third kappa shape index (κ3) is 2.19. The molecule has 4 heteroatoms. The normalized spacial score (nSPS) is 24.1. The van der Waals surface area contributed by atoms with Crippen LogP contribution in [-0.4, -0.2) is 38.9 Å². The molecule has 0 radical (unpaired) electrons. The highest BCUT2D eigenvalue weighted by Crippen LogP contribution is 2.23. The molecule has 1 N–H and O–H groups in total. The second kappa shape index (κ2) is 4.07. The largest absolute Gasteiger partial charge is 0.469 e. The first kappa shape index (κ1) is 10.5. The fourth-order valence-electron chi connectivity index (χ4n) is 1.43. The number of morpholine rings is 1. The molecule has 0 aromatic rings. The predicted molar refractivity (Wildman–Crippen MR) is 48.4 cm³/mol. The Morgan fingerprint density at radius 3 is 2.77 bits per heavy atom. The summed E-state index contributed by atoms with van der Waals surface area (Å²) >= 11 is 0. The number of nitrogens with one attached hydrogen (secondary N) is 1. The van der Waals surface area contributed by atoms with E-state index in [9.17, 15) is 4.79 Å². The predicted octanol–water partition coefficient (Wildman–Crippen LogP) is 0.174. The second-order valence-corrected chi connectivity index (χ2v) is 3.79. The van der Waals surface area contributed by atoms with E-state index in [2.05, 4.69) is 5.32 Å². The Kier molecular flexibility index (Phi) is 3.27. The Morgan fingerprint density at radius 1 is 1.62 bits per heavy atom. The van der Waals surface area contributed by atoms with Crippen LogP contribution >= 0.6 is 0 Å². The van der Waals surface area contributed by atoms with Crippen LogP contribution in [0.3, 0.4) is 0 Å². The van der Waals surface area contributed by atoms with Crippen LogP contribution in [0.5, 0.6) is 0 Å². The van der Waals surface area contributed by atoms with Crippen LogP contribution in [0.25, 0.3) is 0 Å². The van der Waals surface area contributed by atoms with Crippen molar-refractivity contribution in [3.8, 4) is 0 Å². The molecule has 4 nitrogen and oxygen atoms in total. The zero-order chi connectivity index (χ0) is 9.90. The number of rotatable bonds is 2. The van der Waals surface area contributed by atoms with E-state index in [-0.39, 0.29) is 12.0 Å². The molecule has 0 aromatic heterocycles. The molecule has 1 aliphatic heterocycles. The third-order valence-electron chi connectivity index (χ3n) is 2.50. The van der Waals surface area contributed by atoms with Gasteiger partial charge in [0.05, 0.1) is 25.7 Å². The lowest BCUT2D eigenvalue weighted by Gasteiger charge is -2.35. The third-order valence-corrected chi connectivity index (χ3v) is 2.50. The first-order chi connectivity index (χ1) is 6.09. The summed E-state index contributed by atoms with van der Waals surface area (Å²) < 4.78 is 10.0. The second-order valence-electron chi connectivity index (χ2n) is 3.79. The Balaban J connectivity index is 2.60. The number of esters is 1. The van der Waals surface area contributed by atoms with Gasteiger partial charge in [0, 0.05) is 12.6 Å². The molecule has 1 unspecified atom stereocenters. The molecule has 0 amide bonds. The van der Waals surface area contributed by atoms with Crippen LogP contribution in [0, 0.1) is 5.41 Å². The van der Waals surface area contributed by atoms with Crippen molar-refractivity contribution in [2.45, 2.75) is 19.9 Å². The van der Waals surface area contributed by atoms with E-state index >= 15 is 0 Å². The summed E-state index contributed by atoms with van der Waals surface area (Å²) in [5.41, 5.74) is -0.519. The Bertz CT molecular complexity index is 185. The van der Waals surface area contributed by atoms with Gasteiger partial charge in [-0.2, -0.15) is 0 Å². The van der Waals surface area contributed by atoms with E-state index < -0.39 is 5.41 Å². The van der Waals surface area contributed by atoms with Gasteiger partial charge in [-0.1, -0.05) is 0 Å². The molecule has 1 heterocycles. The highest BCUT2D eigenvalue weighted by molar-refractivity contribution is 5.76. The molecule has 1 aliphatic rings. The maximum absolute atomic E-state index is 11.4. The van der Waals surface area contributed by atoms with E-state index in [1.54, 1.807) is 0 Å². The first-order valence-corrected chi connectivity index (χ1v) is 4.48. The van der Waals surface area contributed by atoms with Crippen LogP contribution in [0.1, 0.15) is 13.8 Å². The molecule has 1 fully saturated rings. The molecule has 0 aromatic carbocycles. The van der Waals surface area contributed by atoms with E-state index in [1.807, 2.05) is 13.8 Å². The standard InChI is InChI=1S/C9H17NO3/c1-9(2,8(11)12-3)7-6-13-5-4-10-7/h7,10H,4-6H2,1-3H3. The molecule has 1 atom stereocenters. The highest BCUT2D eigenvalue weighted by atomic mass is 16.5. The minimum Gasteiger partial charge on any atom is -0.469 e. The fourth-order valence-corrected chi connectivity index (χ4v) is 1.43. The minimum absolute atomic E-state index is 0.0497. The first-order valence-electron chi connectivity index (χ1n) is 4.48. The average Bonchev–Trinajstić information content (AvgIpc) is 2.18. The van der Waals surface area contributed by atoms with Crippen molar-refractivity contribution in [1.29, 1.82) is 0 Å². The van der Waals surface area contributed by atoms with Crippen LogP contribution in [-0.2, 0) is 14.3 Å². The Labute approximate surface area is 78.6 Å².